The summed E-state index contributed by atoms with van der Waals surface area (Å²) < 4.78 is 5.30. The molecule has 1 aliphatic heterocycles. The average Bonchev–Trinajstić information content (AvgIpc) is 3.20. The molecular weight excluding hydrogens is 352 g/mol. The van der Waals surface area contributed by atoms with E-state index in [9.17, 15) is 0 Å². The molecular formula is C18H19ClN6O. The maximum Gasteiger partial charge on any atom is 0.245 e. The molecule has 0 spiro atoms. The van der Waals surface area contributed by atoms with E-state index in [1.165, 1.54) is 0 Å². The number of hydrogen-bond acceptors (Lipinski definition) is 7. The molecule has 3 heterocycles. The van der Waals surface area contributed by atoms with Gasteiger partial charge in [0.15, 0.2) is 5.82 Å². The Labute approximate surface area is 156 Å². The van der Waals surface area contributed by atoms with E-state index in [1.807, 2.05) is 30.3 Å². The Balaban J connectivity index is 1.37. The smallest absolute Gasteiger partial charge is 0.245 e. The molecule has 134 valence electrons. The maximum atomic E-state index is 6.10. The quantitative estimate of drug-likeness (QED) is 0.740. The average molecular weight is 371 g/mol. The first kappa shape index (κ1) is 16.7. The Morgan fingerprint density at radius 1 is 1.08 bits per heavy atom. The van der Waals surface area contributed by atoms with Crippen LogP contribution in [-0.4, -0.2) is 41.4 Å². The minimum absolute atomic E-state index is 0.496. The van der Waals surface area contributed by atoms with Crippen molar-refractivity contribution in [2.45, 2.75) is 6.54 Å². The lowest BCUT2D eigenvalue weighted by molar-refractivity contribution is 0.517. The van der Waals surface area contributed by atoms with Gasteiger partial charge in [0.1, 0.15) is 5.76 Å². The van der Waals surface area contributed by atoms with Crippen LogP contribution in [0.3, 0.4) is 0 Å². The molecule has 0 aliphatic carbocycles. The third-order valence-corrected chi connectivity index (χ3v) is 4.56. The molecule has 7 nitrogen and oxygen atoms in total. The van der Waals surface area contributed by atoms with Crippen LogP contribution in [0, 0.1) is 0 Å². The highest BCUT2D eigenvalue weighted by molar-refractivity contribution is 6.30. The van der Waals surface area contributed by atoms with Crippen LogP contribution in [0.2, 0.25) is 5.02 Å². The van der Waals surface area contributed by atoms with Gasteiger partial charge in [-0.25, -0.2) is 0 Å². The molecule has 0 radical (unpaired) electrons. The molecule has 4 rings (SSSR count). The number of aromatic nitrogens is 3. The molecule has 3 aromatic rings. The van der Waals surface area contributed by atoms with Crippen molar-refractivity contribution < 1.29 is 4.42 Å². The lowest BCUT2D eigenvalue weighted by Crippen LogP contribution is -2.47. The molecule has 0 amide bonds. The van der Waals surface area contributed by atoms with Crippen LogP contribution in [0.1, 0.15) is 5.76 Å². The number of benzene rings is 1. The lowest BCUT2D eigenvalue weighted by Gasteiger charge is -2.36. The van der Waals surface area contributed by atoms with Crippen molar-refractivity contribution in [3.05, 3.63) is 59.6 Å². The third kappa shape index (κ3) is 3.88. The van der Waals surface area contributed by atoms with E-state index in [1.54, 1.807) is 12.5 Å². The summed E-state index contributed by atoms with van der Waals surface area (Å²) in [6.45, 7) is 4.06. The third-order valence-electron chi connectivity index (χ3n) is 4.32. The predicted octanol–water partition coefficient (Wildman–Crippen LogP) is 3.06. The highest BCUT2D eigenvalue weighted by Gasteiger charge is 2.19. The monoisotopic (exact) mass is 370 g/mol. The summed E-state index contributed by atoms with van der Waals surface area (Å²) in [7, 11) is 0. The second-order valence-electron chi connectivity index (χ2n) is 6.03. The van der Waals surface area contributed by atoms with E-state index in [0.717, 1.165) is 48.5 Å². The number of piperazine rings is 1. The molecule has 2 aromatic heterocycles. The Kier molecular flexibility index (Phi) is 4.88. The van der Waals surface area contributed by atoms with Gasteiger partial charge in [-0.1, -0.05) is 17.7 Å². The van der Waals surface area contributed by atoms with Gasteiger partial charge in [-0.3, -0.25) is 0 Å². The molecule has 1 fully saturated rings. The molecule has 1 saturated heterocycles. The van der Waals surface area contributed by atoms with Crippen LogP contribution in [0.4, 0.5) is 17.5 Å². The van der Waals surface area contributed by atoms with Gasteiger partial charge in [0.2, 0.25) is 5.95 Å². The fraction of sp³-hybridized carbons (Fsp3) is 0.278. The van der Waals surface area contributed by atoms with Crippen molar-refractivity contribution in [3.8, 4) is 0 Å². The Hall–Kier alpha value is -2.80. The second-order valence-corrected chi connectivity index (χ2v) is 6.46. The molecule has 0 atom stereocenters. The summed E-state index contributed by atoms with van der Waals surface area (Å²) in [6.07, 6.45) is 3.35. The van der Waals surface area contributed by atoms with E-state index in [0.29, 0.717) is 12.5 Å². The molecule has 1 aliphatic rings. The molecule has 0 unspecified atom stereocenters. The molecule has 26 heavy (non-hydrogen) atoms. The SMILES string of the molecule is Clc1cccc(N2CCN(c3cnnc(NCc4ccco4)n3)CC2)c1. The summed E-state index contributed by atoms with van der Waals surface area (Å²) >= 11 is 6.10. The van der Waals surface area contributed by atoms with Crippen molar-refractivity contribution in [3.63, 3.8) is 0 Å². The van der Waals surface area contributed by atoms with Gasteiger partial charge in [-0.05, 0) is 30.3 Å². The first-order valence-corrected chi connectivity index (χ1v) is 8.87. The first-order chi connectivity index (χ1) is 12.8. The first-order valence-electron chi connectivity index (χ1n) is 8.49. The highest BCUT2D eigenvalue weighted by atomic mass is 35.5. The molecule has 8 heteroatoms. The topological polar surface area (TPSA) is 70.3 Å². The van der Waals surface area contributed by atoms with Crippen molar-refractivity contribution in [2.75, 3.05) is 41.3 Å². The number of hydrogen-bond donors (Lipinski definition) is 1. The van der Waals surface area contributed by atoms with Gasteiger partial charge in [0.25, 0.3) is 0 Å². The summed E-state index contributed by atoms with van der Waals surface area (Å²) in [5.41, 5.74) is 1.15. The number of rotatable bonds is 5. The van der Waals surface area contributed by atoms with E-state index in [4.69, 9.17) is 16.0 Å². The van der Waals surface area contributed by atoms with Crippen LogP contribution in [-0.2, 0) is 6.54 Å². The lowest BCUT2D eigenvalue weighted by atomic mass is 10.2. The molecule has 1 aromatic carbocycles. The molecule has 0 saturated carbocycles. The van der Waals surface area contributed by atoms with Gasteiger partial charge in [0, 0.05) is 36.9 Å². The van der Waals surface area contributed by atoms with Gasteiger partial charge in [-0.15, -0.1) is 5.10 Å². The summed E-state index contributed by atoms with van der Waals surface area (Å²) in [6, 6.07) is 11.7. The Morgan fingerprint density at radius 2 is 1.92 bits per heavy atom. The van der Waals surface area contributed by atoms with E-state index in [2.05, 4.69) is 36.4 Å². The van der Waals surface area contributed by atoms with Gasteiger partial charge in [-0.2, -0.15) is 10.1 Å². The van der Waals surface area contributed by atoms with Crippen LogP contribution in [0.25, 0.3) is 0 Å². The number of anilines is 3. The number of nitrogens with zero attached hydrogens (tertiary/aromatic N) is 5. The second kappa shape index (κ2) is 7.61. The van der Waals surface area contributed by atoms with Crippen LogP contribution in [0.15, 0.2) is 53.3 Å². The zero-order valence-corrected chi connectivity index (χ0v) is 14.9. The van der Waals surface area contributed by atoms with Gasteiger partial charge < -0.3 is 19.5 Å². The summed E-state index contributed by atoms with van der Waals surface area (Å²) in [4.78, 5) is 9.11. The normalized spacial score (nSPS) is 14.5. The zero-order valence-electron chi connectivity index (χ0n) is 14.2. The van der Waals surface area contributed by atoms with Gasteiger partial charge >= 0.3 is 0 Å². The largest absolute Gasteiger partial charge is 0.467 e. The van der Waals surface area contributed by atoms with Crippen molar-refractivity contribution in [1.82, 2.24) is 15.2 Å². The van der Waals surface area contributed by atoms with Crippen LogP contribution < -0.4 is 15.1 Å². The number of furan rings is 1. The highest BCUT2D eigenvalue weighted by Crippen LogP contribution is 2.22. The van der Waals surface area contributed by atoms with E-state index in [-0.39, 0.29) is 0 Å². The number of halogens is 1. The minimum atomic E-state index is 0.496. The Morgan fingerprint density at radius 3 is 2.69 bits per heavy atom. The van der Waals surface area contributed by atoms with E-state index >= 15 is 0 Å². The van der Waals surface area contributed by atoms with Crippen LogP contribution in [0.5, 0.6) is 0 Å². The van der Waals surface area contributed by atoms with Crippen LogP contribution >= 0.6 is 11.6 Å². The standard InChI is InChI=1S/C18H19ClN6O/c19-14-3-1-4-15(11-14)24-6-8-25(9-7-24)17-13-21-23-18(22-17)20-12-16-5-2-10-26-16/h1-5,10-11,13H,6-9,12H2,(H,20,22,23). The van der Waals surface area contributed by atoms with Crippen molar-refractivity contribution in [2.24, 2.45) is 0 Å². The van der Waals surface area contributed by atoms with E-state index < -0.39 is 0 Å². The molecule has 1 N–H and O–H groups in total. The Bertz CT molecular complexity index is 848. The van der Waals surface area contributed by atoms with Crippen molar-refractivity contribution in [1.29, 1.82) is 0 Å². The maximum absolute atomic E-state index is 6.10. The van der Waals surface area contributed by atoms with Crippen molar-refractivity contribution >= 4 is 29.1 Å². The fourth-order valence-electron chi connectivity index (χ4n) is 2.97. The summed E-state index contributed by atoms with van der Waals surface area (Å²) in [5.74, 6) is 2.15. The van der Waals surface area contributed by atoms with Gasteiger partial charge in [0.05, 0.1) is 19.0 Å². The molecule has 0 bridgehead atoms. The fourth-order valence-corrected chi connectivity index (χ4v) is 3.15. The zero-order chi connectivity index (χ0) is 17.8. The predicted molar refractivity (Wildman–Crippen MR) is 102 cm³/mol. The summed E-state index contributed by atoms with van der Waals surface area (Å²) in [5, 5.41) is 12.0. The number of nitrogens with one attached hydrogen (secondary N) is 1. The minimum Gasteiger partial charge on any atom is -0.467 e.